The Hall–Kier alpha value is -4.03. The van der Waals surface area contributed by atoms with Crippen LogP contribution < -0.4 is 27.3 Å². The average molecular weight is 555 g/mol. The average Bonchev–Trinajstić information content (AvgIpc) is 3.60. The molecule has 0 amide bonds. The predicted octanol–water partition coefficient (Wildman–Crippen LogP) is 6.56. The second-order valence-corrected chi connectivity index (χ2v) is 13.7. The molecule has 7 rings (SSSR count). The van der Waals surface area contributed by atoms with Crippen molar-refractivity contribution in [3.05, 3.63) is 146 Å². The first kappa shape index (κ1) is 27.8. The summed E-state index contributed by atoms with van der Waals surface area (Å²) >= 11 is 0. The van der Waals surface area contributed by atoms with E-state index in [0.717, 1.165) is 0 Å². The van der Waals surface area contributed by atoms with Gasteiger partial charge in [0.15, 0.2) is 0 Å². The van der Waals surface area contributed by atoms with E-state index in [4.69, 9.17) is 0 Å². The minimum atomic E-state index is -1.28. The molecule has 0 bridgehead atoms. The molecular formula is C41H41B2-. The van der Waals surface area contributed by atoms with Gasteiger partial charge in [-0.1, -0.05) is 163 Å². The molecule has 0 fully saturated rings. The second kappa shape index (κ2) is 9.75. The molecule has 0 aliphatic carbocycles. The van der Waals surface area contributed by atoms with E-state index in [0.29, 0.717) is 0 Å². The Labute approximate surface area is 258 Å². The lowest BCUT2D eigenvalue weighted by Gasteiger charge is -2.39. The summed E-state index contributed by atoms with van der Waals surface area (Å²) in [4.78, 5) is 0. The first-order chi connectivity index (χ1) is 20.5. The van der Waals surface area contributed by atoms with E-state index in [1.54, 1.807) is 10.9 Å². The summed E-state index contributed by atoms with van der Waals surface area (Å²) in [5, 5.41) is 0. The zero-order valence-electron chi connectivity index (χ0n) is 27.2. The van der Waals surface area contributed by atoms with Gasteiger partial charge >= 0.3 is 0 Å². The number of fused-ring (bicyclic) bond motifs is 4. The summed E-state index contributed by atoms with van der Waals surface area (Å²) in [5.74, 6) is 0. The van der Waals surface area contributed by atoms with Crippen molar-refractivity contribution in [2.24, 2.45) is 0 Å². The fourth-order valence-electron chi connectivity index (χ4n) is 9.68. The van der Waals surface area contributed by atoms with Crippen LogP contribution in [0.3, 0.4) is 0 Å². The van der Waals surface area contributed by atoms with Gasteiger partial charge in [0.2, 0.25) is 6.71 Å². The van der Waals surface area contributed by atoms with Crippen molar-refractivity contribution in [1.29, 1.82) is 0 Å². The molecular weight excluding hydrogens is 514 g/mol. The van der Waals surface area contributed by atoms with E-state index >= 15 is 0 Å². The lowest BCUT2D eigenvalue weighted by atomic mass is 9.21. The summed E-state index contributed by atoms with van der Waals surface area (Å²) in [7, 11) is 0. The Balaban J connectivity index is 1.63. The van der Waals surface area contributed by atoms with Gasteiger partial charge in [-0.15, -0.1) is 0 Å². The van der Waals surface area contributed by atoms with Gasteiger partial charge in [-0.3, -0.25) is 0 Å². The number of aryl methyl sites for hydroxylation is 9. The van der Waals surface area contributed by atoms with Crippen LogP contribution in [-0.4, -0.2) is 12.9 Å². The molecule has 0 aromatic heterocycles. The lowest BCUT2D eigenvalue weighted by molar-refractivity contribution is 1.34. The summed E-state index contributed by atoms with van der Waals surface area (Å²) in [6.07, 6.45) is -1.28. The highest BCUT2D eigenvalue weighted by Gasteiger charge is 2.53. The zero-order chi connectivity index (χ0) is 30.4. The summed E-state index contributed by atoms with van der Waals surface area (Å²) in [5.41, 5.74) is 25.7. The smallest absolute Gasteiger partial charge is 0.222 e. The molecule has 2 aliphatic heterocycles. The fraction of sp³-hybridized carbons (Fsp3) is 0.220. The summed E-state index contributed by atoms with van der Waals surface area (Å²) < 4.78 is 0. The topological polar surface area (TPSA) is 0 Å². The van der Waals surface area contributed by atoms with Crippen LogP contribution in [0, 0.1) is 62.3 Å². The van der Waals surface area contributed by atoms with Crippen molar-refractivity contribution in [2.75, 3.05) is 0 Å². The largest absolute Gasteiger partial charge is 0.243 e. The molecule has 5 aromatic rings. The molecule has 2 aliphatic rings. The van der Waals surface area contributed by atoms with Gasteiger partial charge in [0.05, 0.1) is 0 Å². The minimum absolute atomic E-state index is 0.190. The van der Waals surface area contributed by atoms with Crippen LogP contribution in [0.2, 0.25) is 0 Å². The van der Waals surface area contributed by atoms with E-state index in [9.17, 15) is 0 Å². The number of hydrogen-bond acceptors (Lipinski definition) is 0. The van der Waals surface area contributed by atoms with E-state index in [-0.39, 0.29) is 6.71 Å². The Bertz CT molecular complexity index is 1840. The fourth-order valence-corrected chi connectivity index (χ4v) is 9.68. The van der Waals surface area contributed by atoms with Crippen LogP contribution in [0.5, 0.6) is 0 Å². The molecule has 0 nitrogen and oxygen atoms in total. The first-order valence-electron chi connectivity index (χ1n) is 15.9. The molecule has 2 heterocycles. The van der Waals surface area contributed by atoms with E-state index < -0.39 is 6.15 Å². The van der Waals surface area contributed by atoms with Gasteiger partial charge in [0.1, 0.15) is 6.15 Å². The third-order valence-corrected chi connectivity index (χ3v) is 10.6. The molecule has 0 radical (unpaired) electrons. The molecule has 2 heteroatoms. The van der Waals surface area contributed by atoms with Crippen molar-refractivity contribution in [3.63, 3.8) is 0 Å². The molecule has 212 valence electrons. The number of hydrogen-bond donors (Lipinski definition) is 0. The maximum Gasteiger partial charge on any atom is 0.243 e. The third kappa shape index (κ3) is 3.92. The molecule has 0 atom stereocenters. The summed E-state index contributed by atoms with van der Waals surface area (Å²) in [6.45, 7) is 20.9. The predicted molar refractivity (Wildman–Crippen MR) is 191 cm³/mol. The standard InChI is InChI=1S/C41H41B2/c1-24-18-27(4)37(28(5)19-24)42-35-16-12-10-14-33(35)40-41(34-15-11-13-17-36(34)42)43(40,38-29(6)20-25(2)21-30(38)7)39-31(8)22-26(3)23-32(39)9/h10-23H,1-9H3/q-1. The van der Waals surface area contributed by atoms with Crippen molar-refractivity contribution < 1.29 is 0 Å². The highest BCUT2D eigenvalue weighted by molar-refractivity contribution is 7.40. The molecule has 0 unspecified atom stereocenters. The summed E-state index contributed by atoms with van der Waals surface area (Å²) in [6, 6.07) is 33.0. The van der Waals surface area contributed by atoms with Gasteiger partial charge < -0.3 is 0 Å². The zero-order valence-corrected chi connectivity index (χ0v) is 27.2. The van der Waals surface area contributed by atoms with Crippen LogP contribution in [0.4, 0.5) is 0 Å². The highest BCUT2D eigenvalue weighted by atomic mass is 14.4. The van der Waals surface area contributed by atoms with E-state index in [1.807, 2.05) is 0 Å². The Kier molecular flexibility index (Phi) is 6.30. The Morgan fingerprint density at radius 1 is 0.419 bits per heavy atom. The highest BCUT2D eigenvalue weighted by Crippen LogP contribution is 2.55. The van der Waals surface area contributed by atoms with Crippen molar-refractivity contribution in [3.8, 4) is 0 Å². The third-order valence-electron chi connectivity index (χ3n) is 10.6. The normalized spacial score (nSPS) is 14.7. The van der Waals surface area contributed by atoms with Crippen molar-refractivity contribution in [2.45, 2.75) is 62.3 Å². The number of benzene rings is 5. The van der Waals surface area contributed by atoms with E-state index in [1.165, 1.54) is 88.5 Å². The van der Waals surface area contributed by atoms with Crippen LogP contribution in [0.25, 0.3) is 10.9 Å². The van der Waals surface area contributed by atoms with Gasteiger partial charge in [-0.05, 0) is 62.3 Å². The van der Waals surface area contributed by atoms with Gasteiger partial charge in [-0.25, -0.2) is 10.9 Å². The number of rotatable bonds is 3. The Morgan fingerprint density at radius 3 is 1.12 bits per heavy atom. The molecule has 0 spiro atoms. The molecule has 0 saturated carbocycles. The molecule has 5 aromatic carbocycles. The van der Waals surface area contributed by atoms with Crippen LogP contribution in [-0.2, 0) is 0 Å². The SMILES string of the molecule is Cc1cc(C)c(B2c3ccccc3C3=C(c4ccccc42)[B-]3(c2c(C)cc(C)cc2C)c2c(C)cc(C)cc2C)c(C)c1. The van der Waals surface area contributed by atoms with Crippen LogP contribution in [0.15, 0.2) is 84.9 Å². The molecule has 0 N–H and O–H groups in total. The Morgan fingerprint density at radius 2 is 0.744 bits per heavy atom. The monoisotopic (exact) mass is 555 g/mol. The molecule has 0 saturated heterocycles. The quantitative estimate of drug-likeness (QED) is 0.222. The maximum atomic E-state index is 2.42. The lowest BCUT2D eigenvalue weighted by Crippen LogP contribution is -2.59. The van der Waals surface area contributed by atoms with Crippen LogP contribution in [0.1, 0.15) is 61.2 Å². The van der Waals surface area contributed by atoms with Gasteiger partial charge in [0, 0.05) is 0 Å². The van der Waals surface area contributed by atoms with Gasteiger partial charge in [-0.2, -0.15) is 10.9 Å². The second-order valence-electron chi connectivity index (χ2n) is 13.7. The van der Waals surface area contributed by atoms with E-state index in [2.05, 4.69) is 147 Å². The minimum Gasteiger partial charge on any atom is -0.222 e. The van der Waals surface area contributed by atoms with Gasteiger partial charge in [0.25, 0.3) is 0 Å². The first-order valence-corrected chi connectivity index (χ1v) is 15.9. The maximum absolute atomic E-state index is 2.42. The molecule has 43 heavy (non-hydrogen) atoms. The van der Waals surface area contributed by atoms with Crippen molar-refractivity contribution >= 4 is 51.1 Å². The van der Waals surface area contributed by atoms with Crippen molar-refractivity contribution in [1.82, 2.24) is 0 Å². The van der Waals surface area contributed by atoms with Crippen LogP contribution >= 0.6 is 0 Å².